The van der Waals surface area contributed by atoms with Gasteiger partial charge in [-0.15, -0.1) is 0 Å². The van der Waals surface area contributed by atoms with E-state index in [2.05, 4.69) is 34.3 Å². The monoisotopic (exact) mass is 208 g/mol. The van der Waals surface area contributed by atoms with Gasteiger partial charge in [0.15, 0.2) is 0 Å². The Kier molecular flexibility index (Phi) is 3.07. The van der Waals surface area contributed by atoms with Gasteiger partial charge >= 0.3 is 0 Å². The van der Waals surface area contributed by atoms with Gasteiger partial charge in [-0.05, 0) is 27.3 Å². The molecule has 2 rings (SSSR count). The maximum atomic E-state index is 4.23. The second-order valence-corrected chi connectivity index (χ2v) is 4.42. The molecule has 0 radical (unpaired) electrons. The summed E-state index contributed by atoms with van der Waals surface area (Å²) in [6.07, 6.45) is 1.26. The van der Waals surface area contributed by atoms with Gasteiger partial charge in [0.05, 0.1) is 5.69 Å². The molecular weight excluding hydrogens is 188 g/mol. The fourth-order valence-corrected chi connectivity index (χ4v) is 2.24. The number of rotatable bonds is 3. The van der Waals surface area contributed by atoms with E-state index in [-0.39, 0.29) is 0 Å². The second-order valence-electron chi connectivity index (χ2n) is 4.42. The molecule has 1 atom stereocenters. The van der Waals surface area contributed by atoms with Crippen LogP contribution in [0.1, 0.15) is 23.4 Å². The molecular formula is C11H20N4. The van der Waals surface area contributed by atoms with E-state index in [1.165, 1.54) is 24.2 Å². The van der Waals surface area contributed by atoms with Crippen molar-refractivity contribution in [1.82, 2.24) is 20.4 Å². The number of nitrogens with zero attached hydrogens (tertiary/aromatic N) is 2. The van der Waals surface area contributed by atoms with Gasteiger partial charge in [0.1, 0.15) is 0 Å². The normalized spacial score (nSPS) is 22.5. The van der Waals surface area contributed by atoms with Crippen molar-refractivity contribution in [3.63, 3.8) is 0 Å². The van der Waals surface area contributed by atoms with Crippen molar-refractivity contribution >= 4 is 0 Å². The van der Waals surface area contributed by atoms with Gasteiger partial charge in [0.2, 0.25) is 0 Å². The Labute approximate surface area is 91.1 Å². The quantitative estimate of drug-likeness (QED) is 0.773. The van der Waals surface area contributed by atoms with Crippen LogP contribution in [0.5, 0.6) is 0 Å². The fraction of sp³-hybridized carbons (Fsp3) is 0.727. The standard InChI is InChI=1S/C11H20N4/c1-8-11(9(2)14-13-8)7-15-5-4-10(6-15)12-3/h10,12H,4-7H2,1-3H3,(H,13,14). The number of likely N-dealkylation sites (tertiary alicyclic amines) is 1. The van der Waals surface area contributed by atoms with Crippen LogP contribution in [0, 0.1) is 13.8 Å². The van der Waals surface area contributed by atoms with Crippen molar-refractivity contribution in [2.45, 2.75) is 32.9 Å². The Hall–Kier alpha value is -0.870. The highest BCUT2D eigenvalue weighted by molar-refractivity contribution is 5.23. The van der Waals surface area contributed by atoms with Gasteiger partial charge in [-0.3, -0.25) is 10.00 Å². The van der Waals surface area contributed by atoms with Crippen molar-refractivity contribution < 1.29 is 0 Å². The molecule has 0 aromatic carbocycles. The van der Waals surface area contributed by atoms with Crippen LogP contribution in [0.15, 0.2) is 0 Å². The molecule has 2 N–H and O–H groups in total. The summed E-state index contributed by atoms with van der Waals surface area (Å²) in [7, 11) is 2.04. The highest BCUT2D eigenvalue weighted by atomic mass is 15.2. The number of hydrogen-bond donors (Lipinski definition) is 2. The summed E-state index contributed by atoms with van der Waals surface area (Å²) in [4.78, 5) is 2.49. The largest absolute Gasteiger partial charge is 0.316 e. The summed E-state index contributed by atoms with van der Waals surface area (Å²) < 4.78 is 0. The van der Waals surface area contributed by atoms with Crippen molar-refractivity contribution in [2.24, 2.45) is 0 Å². The van der Waals surface area contributed by atoms with E-state index in [1.54, 1.807) is 0 Å². The van der Waals surface area contributed by atoms with Gasteiger partial charge in [-0.25, -0.2) is 0 Å². The van der Waals surface area contributed by atoms with Gasteiger partial charge in [0.25, 0.3) is 0 Å². The molecule has 4 nitrogen and oxygen atoms in total. The maximum Gasteiger partial charge on any atom is 0.0639 e. The second kappa shape index (κ2) is 4.33. The molecule has 1 aromatic rings. The number of nitrogens with one attached hydrogen (secondary N) is 2. The molecule has 84 valence electrons. The number of likely N-dealkylation sites (N-methyl/N-ethyl adjacent to an activating group) is 1. The first kappa shape index (κ1) is 10.6. The molecule has 15 heavy (non-hydrogen) atoms. The number of aromatic nitrogens is 2. The number of H-pyrrole nitrogens is 1. The lowest BCUT2D eigenvalue weighted by Gasteiger charge is -2.15. The summed E-state index contributed by atoms with van der Waals surface area (Å²) in [5, 5.41) is 10.6. The SMILES string of the molecule is CNC1CCN(Cc2c(C)n[nH]c2C)C1. The smallest absolute Gasteiger partial charge is 0.0639 e. The topological polar surface area (TPSA) is 44.0 Å². The lowest BCUT2D eigenvalue weighted by molar-refractivity contribution is 0.321. The van der Waals surface area contributed by atoms with E-state index in [9.17, 15) is 0 Å². The minimum atomic E-state index is 0.664. The molecule has 0 spiro atoms. The average molecular weight is 208 g/mol. The zero-order chi connectivity index (χ0) is 10.8. The zero-order valence-electron chi connectivity index (χ0n) is 9.80. The molecule has 1 aliphatic rings. The minimum absolute atomic E-state index is 0.664. The molecule has 0 saturated carbocycles. The summed E-state index contributed by atoms with van der Waals surface area (Å²) in [5.74, 6) is 0. The highest BCUT2D eigenvalue weighted by Crippen LogP contribution is 2.16. The number of aryl methyl sites for hydroxylation is 2. The van der Waals surface area contributed by atoms with Crippen LogP contribution in [0.3, 0.4) is 0 Å². The average Bonchev–Trinajstić information content (AvgIpc) is 2.80. The van der Waals surface area contributed by atoms with Crippen LogP contribution >= 0.6 is 0 Å². The molecule has 4 heteroatoms. The molecule has 1 aliphatic heterocycles. The minimum Gasteiger partial charge on any atom is -0.316 e. The fourth-order valence-electron chi connectivity index (χ4n) is 2.24. The van der Waals surface area contributed by atoms with Crippen molar-refractivity contribution in [3.05, 3.63) is 17.0 Å². The Morgan fingerprint density at radius 2 is 2.33 bits per heavy atom. The first-order chi connectivity index (χ1) is 7.20. The summed E-state index contributed by atoms with van der Waals surface area (Å²) in [5.41, 5.74) is 3.72. The molecule has 1 aromatic heterocycles. The first-order valence-electron chi connectivity index (χ1n) is 5.60. The van der Waals surface area contributed by atoms with Gasteiger partial charge in [-0.1, -0.05) is 0 Å². The van der Waals surface area contributed by atoms with Crippen LogP contribution in [0.2, 0.25) is 0 Å². The molecule has 0 bridgehead atoms. The predicted octanol–water partition coefficient (Wildman–Crippen LogP) is 0.820. The van der Waals surface area contributed by atoms with Crippen LogP contribution in [-0.2, 0) is 6.54 Å². The molecule has 0 aliphatic carbocycles. The summed E-state index contributed by atoms with van der Waals surface area (Å²) in [6.45, 7) is 7.55. The van der Waals surface area contributed by atoms with Crippen LogP contribution < -0.4 is 5.32 Å². The zero-order valence-corrected chi connectivity index (χ0v) is 9.80. The third-order valence-corrected chi connectivity index (χ3v) is 3.34. The molecule has 1 fully saturated rings. The lowest BCUT2D eigenvalue weighted by Crippen LogP contribution is -2.29. The van der Waals surface area contributed by atoms with Crippen molar-refractivity contribution in [3.8, 4) is 0 Å². The van der Waals surface area contributed by atoms with E-state index in [0.717, 1.165) is 18.8 Å². The van der Waals surface area contributed by atoms with Gasteiger partial charge in [-0.2, -0.15) is 5.10 Å². The molecule has 0 amide bonds. The van der Waals surface area contributed by atoms with Crippen LogP contribution in [-0.4, -0.2) is 41.3 Å². The first-order valence-corrected chi connectivity index (χ1v) is 5.60. The molecule has 2 heterocycles. The van der Waals surface area contributed by atoms with Crippen molar-refractivity contribution in [2.75, 3.05) is 20.1 Å². The van der Waals surface area contributed by atoms with Gasteiger partial charge < -0.3 is 5.32 Å². The summed E-state index contributed by atoms with van der Waals surface area (Å²) in [6, 6.07) is 0.664. The number of aromatic amines is 1. The predicted molar refractivity (Wildman–Crippen MR) is 60.8 cm³/mol. The van der Waals surface area contributed by atoms with Crippen molar-refractivity contribution in [1.29, 1.82) is 0 Å². The molecule has 1 unspecified atom stereocenters. The van der Waals surface area contributed by atoms with E-state index in [4.69, 9.17) is 0 Å². The Bertz CT molecular complexity index is 312. The Morgan fingerprint density at radius 1 is 1.53 bits per heavy atom. The van der Waals surface area contributed by atoms with Gasteiger partial charge in [0, 0.05) is 36.9 Å². The van der Waals surface area contributed by atoms with Crippen LogP contribution in [0.25, 0.3) is 0 Å². The number of hydrogen-bond acceptors (Lipinski definition) is 3. The molecule has 1 saturated heterocycles. The van der Waals surface area contributed by atoms with Crippen LogP contribution in [0.4, 0.5) is 0 Å². The van der Waals surface area contributed by atoms with E-state index >= 15 is 0 Å². The Morgan fingerprint density at radius 3 is 2.87 bits per heavy atom. The van der Waals surface area contributed by atoms with E-state index in [1.807, 2.05) is 7.05 Å². The highest BCUT2D eigenvalue weighted by Gasteiger charge is 2.22. The Balaban J connectivity index is 1.98. The lowest BCUT2D eigenvalue weighted by atomic mass is 10.2. The third-order valence-electron chi connectivity index (χ3n) is 3.34. The maximum absolute atomic E-state index is 4.23. The third kappa shape index (κ3) is 2.21. The van der Waals surface area contributed by atoms with E-state index in [0.29, 0.717) is 6.04 Å². The summed E-state index contributed by atoms with van der Waals surface area (Å²) >= 11 is 0. The van der Waals surface area contributed by atoms with E-state index < -0.39 is 0 Å².